The van der Waals surface area contributed by atoms with Gasteiger partial charge in [-0.25, -0.2) is 0 Å². The van der Waals surface area contributed by atoms with E-state index in [0.29, 0.717) is 29.6 Å². The maximum Gasteiger partial charge on any atom is 0.262 e. The van der Waals surface area contributed by atoms with Crippen LogP contribution >= 0.6 is 23.7 Å². The highest BCUT2D eigenvalue weighted by Gasteiger charge is 2.36. The summed E-state index contributed by atoms with van der Waals surface area (Å²) < 4.78 is 0. The summed E-state index contributed by atoms with van der Waals surface area (Å²) in [6.07, 6.45) is 0.677. The van der Waals surface area contributed by atoms with Crippen LogP contribution in [-0.4, -0.2) is 52.6 Å². The number of imide groups is 1. The summed E-state index contributed by atoms with van der Waals surface area (Å²) in [5.74, 6) is -2.15. The van der Waals surface area contributed by atoms with Gasteiger partial charge in [0.25, 0.3) is 17.7 Å². The fraction of sp³-hybridized carbons (Fsp3) is 0.333. The van der Waals surface area contributed by atoms with E-state index in [0.717, 1.165) is 21.9 Å². The molecule has 164 valence electrons. The summed E-state index contributed by atoms with van der Waals surface area (Å²) in [6, 6.07) is 6.83. The SMILES string of the molecule is CC(C)N1CCc2c(sc(NC(=O)CN3C(=O)c4ccccc4C3=O)c2C(N)=O)C1.Cl. The van der Waals surface area contributed by atoms with Crippen molar-refractivity contribution < 1.29 is 19.2 Å². The van der Waals surface area contributed by atoms with Gasteiger partial charge in [0.15, 0.2) is 0 Å². The van der Waals surface area contributed by atoms with Crippen LogP contribution in [0.25, 0.3) is 0 Å². The van der Waals surface area contributed by atoms with Crippen molar-refractivity contribution in [1.29, 1.82) is 0 Å². The van der Waals surface area contributed by atoms with Crippen LogP contribution in [0.1, 0.15) is 55.4 Å². The van der Waals surface area contributed by atoms with Crippen molar-refractivity contribution in [3.63, 3.8) is 0 Å². The molecule has 0 radical (unpaired) electrons. The van der Waals surface area contributed by atoms with Gasteiger partial charge in [-0.3, -0.25) is 29.0 Å². The number of nitrogens with one attached hydrogen (secondary N) is 1. The second-order valence-electron chi connectivity index (χ2n) is 7.68. The Bertz CT molecular complexity index is 1050. The first-order valence-electron chi connectivity index (χ1n) is 9.71. The minimum atomic E-state index is -0.596. The third-order valence-electron chi connectivity index (χ3n) is 5.50. The van der Waals surface area contributed by atoms with Crippen LogP contribution in [0.15, 0.2) is 24.3 Å². The first kappa shape index (κ1) is 22.9. The molecule has 0 saturated heterocycles. The number of benzene rings is 1. The third-order valence-corrected chi connectivity index (χ3v) is 6.63. The standard InChI is InChI=1S/C21H22N4O4S.ClH/c1-11(2)24-8-7-14-15(9-24)30-19(17(14)18(22)27)23-16(26)10-25-20(28)12-5-3-4-6-13(12)21(25)29;/h3-6,11H,7-10H2,1-2H3,(H2,22,27)(H,23,26);1H. The smallest absolute Gasteiger partial charge is 0.262 e. The summed E-state index contributed by atoms with van der Waals surface area (Å²) in [5.41, 5.74) is 7.38. The van der Waals surface area contributed by atoms with E-state index >= 15 is 0 Å². The lowest BCUT2D eigenvalue weighted by atomic mass is 10.0. The number of nitrogens with two attached hydrogens (primary N) is 1. The fourth-order valence-electron chi connectivity index (χ4n) is 3.91. The fourth-order valence-corrected chi connectivity index (χ4v) is 5.20. The van der Waals surface area contributed by atoms with Crippen molar-refractivity contribution in [2.75, 3.05) is 18.4 Å². The molecule has 2 aliphatic rings. The molecule has 0 fully saturated rings. The molecular weight excluding hydrogens is 440 g/mol. The zero-order valence-corrected chi connectivity index (χ0v) is 18.8. The van der Waals surface area contributed by atoms with Gasteiger partial charge in [0.1, 0.15) is 11.5 Å². The topological polar surface area (TPSA) is 113 Å². The van der Waals surface area contributed by atoms with E-state index in [-0.39, 0.29) is 23.5 Å². The van der Waals surface area contributed by atoms with E-state index < -0.39 is 30.2 Å². The van der Waals surface area contributed by atoms with Gasteiger partial charge in [0, 0.05) is 24.0 Å². The van der Waals surface area contributed by atoms with Gasteiger partial charge in [-0.15, -0.1) is 23.7 Å². The molecule has 0 bridgehead atoms. The monoisotopic (exact) mass is 462 g/mol. The minimum Gasteiger partial charge on any atom is -0.365 e. The molecule has 31 heavy (non-hydrogen) atoms. The van der Waals surface area contributed by atoms with Gasteiger partial charge in [0.2, 0.25) is 5.91 Å². The van der Waals surface area contributed by atoms with Crippen LogP contribution in [0.4, 0.5) is 5.00 Å². The number of nitrogens with zero attached hydrogens (tertiary/aromatic N) is 2. The molecule has 4 amide bonds. The number of primary amides is 1. The lowest BCUT2D eigenvalue weighted by molar-refractivity contribution is -0.116. The molecular formula is C21H23ClN4O4S. The number of hydrogen-bond acceptors (Lipinski definition) is 6. The van der Waals surface area contributed by atoms with Crippen LogP contribution < -0.4 is 11.1 Å². The lowest BCUT2D eigenvalue weighted by Gasteiger charge is -2.30. The number of fused-ring (bicyclic) bond motifs is 2. The molecule has 0 unspecified atom stereocenters. The third kappa shape index (κ3) is 4.08. The Morgan fingerprint density at radius 2 is 1.77 bits per heavy atom. The van der Waals surface area contributed by atoms with Crippen molar-refractivity contribution in [1.82, 2.24) is 9.80 Å². The van der Waals surface area contributed by atoms with Gasteiger partial charge in [-0.05, 0) is 38.0 Å². The number of rotatable bonds is 5. The van der Waals surface area contributed by atoms with E-state index in [1.807, 2.05) is 0 Å². The predicted octanol–water partition coefficient (Wildman–Crippen LogP) is 2.27. The average molecular weight is 463 g/mol. The summed E-state index contributed by atoms with van der Waals surface area (Å²) in [4.78, 5) is 53.9. The Morgan fingerprint density at radius 1 is 1.16 bits per heavy atom. The second-order valence-corrected chi connectivity index (χ2v) is 8.78. The minimum absolute atomic E-state index is 0. The zero-order valence-electron chi connectivity index (χ0n) is 17.1. The first-order chi connectivity index (χ1) is 14.3. The molecule has 1 aromatic heterocycles. The quantitative estimate of drug-likeness (QED) is 0.662. The van der Waals surface area contributed by atoms with Crippen molar-refractivity contribution in [2.24, 2.45) is 5.73 Å². The van der Waals surface area contributed by atoms with E-state index in [9.17, 15) is 19.2 Å². The number of halogens is 1. The highest BCUT2D eigenvalue weighted by atomic mass is 35.5. The number of thiophene rings is 1. The lowest BCUT2D eigenvalue weighted by Crippen LogP contribution is -2.37. The van der Waals surface area contributed by atoms with Crippen LogP contribution in [0, 0.1) is 0 Å². The molecule has 2 aromatic rings. The number of carbonyl (C=O) groups excluding carboxylic acids is 4. The van der Waals surface area contributed by atoms with Crippen molar-refractivity contribution >= 4 is 52.4 Å². The van der Waals surface area contributed by atoms with Gasteiger partial charge < -0.3 is 11.1 Å². The maximum atomic E-state index is 12.7. The Kier molecular flexibility index (Phi) is 6.49. The summed E-state index contributed by atoms with van der Waals surface area (Å²) in [5, 5.41) is 3.08. The van der Waals surface area contributed by atoms with E-state index in [2.05, 4.69) is 24.1 Å². The van der Waals surface area contributed by atoms with Gasteiger partial charge in [0.05, 0.1) is 16.7 Å². The molecule has 8 nitrogen and oxygen atoms in total. The number of hydrogen-bond donors (Lipinski definition) is 2. The Balaban J connectivity index is 0.00000272. The van der Waals surface area contributed by atoms with Crippen LogP contribution in [0.2, 0.25) is 0 Å². The van der Waals surface area contributed by atoms with E-state index in [4.69, 9.17) is 5.73 Å². The predicted molar refractivity (Wildman–Crippen MR) is 120 cm³/mol. The molecule has 0 saturated carbocycles. The molecule has 4 rings (SSSR count). The molecule has 0 spiro atoms. The maximum absolute atomic E-state index is 12.7. The van der Waals surface area contributed by atoms with Gasteiger partial charge in [-0.1, -0.05) is 12.1 Å². The second kappa shape index (κ2) is 8.78. The average Bonchev–Trinajstić information content (AvgIpc) is 3.18. The van der Waals surface area contributed by atoms with Crippen molar-refractivity contribution in [3.8, 4) is 0 Å². The summed E-state index contributed by atoms with van der Waals surface area (Å²) in [6.45, 7) is 5.29. The van der Waals surface area contributed by atoms with Crippen molar-refractivity contribution in [3.05, 3.63) is 51.4 Å². The van der Waals surface area contributed by atoms with E-state index in [1.54, 1.807) is 24.3 Å². The largest absolute Gasteiger partial charge is 0.365 e. The molecule has 0 aliphatic carbocycles. The van der Waals surface area contributed by atoms with Crippen LogP contribution in [0.5, 0.6) is 0 Å². The molecule has 10 heteroatoms. The highest BCUT2D eigenvalue weighted by molar-refractivity contribution is 7.17. The highest BCUT2D eigenvalue weighted by Crippen LogP contribution is 2.37. The molecule has 2 aliphatic heterocycles. The van der Waals surface area contributed by atoms with E-state index in [1.165, 1.54) is 11.3 Å². The Hall–Kier alpha value is -2.75. The Labute approximate surface area is 189 Å². The molecule has 3 heterocycles. The number of amides is 4. The van der Waals surface area contributed by atoms with Gasteiger partial charge in [-0.2, -0.15) is 0 Å². The first-order valence-corrected chi connectivity index (χ1v) is 10.5. The zero-order chi connectivity index (χ0) is 21.6. The van der Waals surface area contributed by atoms with Gasteiger partial charge >= 0.3 is 0 Å². The molecule has 3 N–H and O–H groups in total. The number of anilines is 1. The molecule has 1 aromatic carbocycles. The van der Waals surface area contributed by atoms with Crippen molar-refractivity contribution in [2.45, 2.75) is 32.9 Å². The van der Waals surface area contributed by atoms with Crippen LogP contribution in [0.3, 0.4) is 0 Å². The summed E-state index contributed by atoms with van der Waals surface area (Å²) in [7, 11) is 0. The Morgan fingerprint density at radius 3 is 2.32 bits per heavy atom. The number of carbonyl (C=O) groups is 4. The van der Waals surface area contributed by atoms with Crippen LogP contribution in [-0.2, 0) is 17.8 Å². The normalized spacial score (nSPS) is 15.5. The molecule has 0 atom stereocenters. The summed E-state index contributed by atoms with van der Waals surface area (Å²) >= 11 is 1.32.